The largest absolute Gasteiger partial charge is 0.356 e. The molecule has 1 aliphatic rings. The van der Waals surface area contributed by atoms with E-state index in [4.69, 9.17) is 0 Å². The van der Waals surface area contributed by atoms with Crippen LogP contribution >= 0.6 is 35.7 Å². The van der Waals surface area contributed by atoms with Crippen LogP contribution < -0.4 is 16.0 Å². The van der Waals surface area contributed by atoms with Crippen LogP contribution in [0.4, 0.5) is 0 Å². The molecule has 0 aliphatic heterocycles. The monoisotopic (exact) mass is 470 g/mol. The lowest BCUT2D eigenvalue weighted by Gasteiger charge is -2.20. The molecule has 0 atom stereocenters. The molecule has 0 aromatic heterocycles. The van der Waals surface area contributed by atoms with Crippen LogP contribution in [-0.4, -0.2) is 50.6 Å². The van der Waals surface area contributed by atoms with Gasteiger partial charge >= 0.3 is 0 Å². The van der Waals surface area contributed by atoms with Crippen molar-refractivity contribution in [3.8, 4) is 0 Å². The third-order valence-corrected chi connectivity index (χ3v) is 4.93. The second-order valence-electron chi connectivity index (χ2n) is 6.18. The molecule has 1 aliphatic carbocycles. The number of guanidine groups is 1. The van der Waals surface area contributed by atoms with E-state index in [0.717, 1.165) is 18.9 Å². The quantitative estimate of drug-likeness (QED) is 0.199. The summed E-state index contributed by atoms with van der Waals surface area (Å²) in [6.07, 6.45) is 11.6. The molecular weight excluding hydrogens is 435 g/mol. The summed E-state index contributed by atoms with van der Waals surface area (Å²) in [6.45, 7) is 2.30. The fourth-order valence-corrected chi connectivity index (χ4v) is 3.40. The summed E-state index contributed by atoms with van der Waals surface area (Å²) >= 11 is 1.88. The van der Waals surface area contributed by atoms with Gasteiger partial charge < -0.3 is 16.0 Å². The SMILES string of the molecule is CN=C(NCCCCSC)NCCNC(=O)CC1CCCCC1.I. The van der Waals surface area contributed by atoms with E-state index in [1.54, 1.807) is 7.05 Å². The van der Waals surface area contributed by atoms with Gasteiger partial charge in [0.2, 0.25) is 5.91 Å². The number of rotatable bonds is 10. The van der Waals surface area contributed by atoms with Crippen LogP contribution in [0.5, 0.6) is 0 Å². The van der Waals surface area contributed by atoms with Crippen molar-refractivity contribution in [1.82, 2.24) is 16.0 Å². The fraction of sp³-hybridized carbons (Fsp3) is 0.882. The van der Waals surface area contributed by atoms with Gasteiger partial charge in [0.15, 0.2) is 5.96 Å². The number of carbonyl (C=O) groups excluding carboxylic acids is 1. The number of nitrogens with one attached hydrogen (secondary N) is 3. The first-order valence-corrected chi connectivity index (χ1v) is 10.4. The van der Waals surface area contributed by atoms with Crippen molar-refractivity contribution in [1.29, 1.82) is 0 Å². The number of aliphatic imine (C=N–C) groups is 1. The van der Waals surface area contributed by atoms with E-state index in [9.17, 15) is 4.79 Å². The molecule has 1 amide bonds. The van der Waals surface area contributed by atoms with Gasteiger partial charge in [-0.25, -0.2) is 0 Å². The molecule has 0 spiro atoms. The zero-order valence-electron chi connectivity index (χ0n) is 15.2. The molecule has 0 bridgehead atoms. The number of amides is 1. The number of hydrogen-bond acceptors (Lipinski definition) is 3. The highest BCUT2D eigenvalue weighted by Crippen LogP contribution is 2.25. The van der Waals surface area contributed by atoms with Crippen molar-refractivity contribution >= 4 is 47.6 Å². The van der Waals surface area contributed by atoms with Gasteiger partial charge in [0.05, 0.1) is 0 Å². The van der Waals surface area contributed by atoms with Crippen molar-refractivity contribution in [3.63, 3.8) is 0 Å². The summed E-state index contributed by atoms with van der Waals surface area (Å²) in [6, 6.07) is 0. The highest BCUT2D eigenvalue weighted by molar-refractivity contribution is 14.0. The Morgan fingerprint density at radius 2 is 1.71 bits per heavy atom. The zero-order valence-corrected chi connectivity index (χ0v) is 18.4. The maximum Gasteiger partial charge on any atom is 0.220 e. The second-order valence-corrected chi connectivity index (χ2v) is 7.17. The highest BCUT2D eigenvalue weighted by atomic mass is 127. The van der Waals surface area contributed by atoms with Gasteiger partial charge in [-0.05, 0) is 43.6 Å². The minimum Gasteiger partial charge on any atom is -0.356 e. The van der Waals surface area contributed by atoms with Crippen molar-refractivity contribution < 1.29 is 4.79 Å². The molecule has 0 unspecified atom stereocenters. The molecule has 1 saturated carbocycles. The van der Waals surface area contributed by atoms with Crippen LogP contribution in [0.2, 0.25) is 0 Å². The van der Waals surface area contributed by atoms with Crippen LogP contribution in [-0.2, 0) is 4.79 Å². The van der Waals surface area contributed by atoms with Crippen LogP contribution in [0.15, 0.2) is 4.99 Å². The smallest absolute Gasteiger partial charge is 0.220 e. The molecule has 3 N–H and O–H groups in total. The lowest BCUT2D eigenvalue weighted by Crippen LogP contribution is -2.42. The maximum atomic E-state index is 11.9. The van der Waals surface area contributed by atoms with Gasteiger partial charge in [-0.1, -0.05) is 19.3 Å². The number of carbonyl (C=O) groups is 1. The lowest BCUT2D eigenvalue weighted by molar-refractivity contribution is -0.122. The molecule has 142 valence electrons. The Labute approximate surface area is 169 Å². The summed E-state index contributed by atoms with van der Waals surface area (Å²) in [5, 5.41) is 9.54. The molecular formula is C17H35IN4OS. The molecule has 0 aromatic carbocycles. The van der Waals surface area contributed by atoms with Gasteiger partial charge in [-0.2, -0.15) is 11.8 Å². The predicted octanol–water partition coefficient (Wildman–Crippen LogP) is 3.00. The second kappa shape index (κ2) is 16.3. The van der Waals surface area contributed by atoms with Crippen molar-refractivity contribution in [2.45, 2.75) is 51.4 Å². The molecule has 0 aromatic rings. The Kier molecular flexibility index (Phi) is 16.2. The van der Waals surface area contributed by atoms with Gasteiger partial charge in [-0.15, -0.1) is 24.0 Å². The van der Waals surface area contributed by atoms with Crippen molar-refractivity contribution in [3.05, 3.63) is 0 Å². The van der Waals surface area contributed by atoms with Crippen LogP contribution in [0, 0.1) is 5.92 Å². The van der Waals surface area contributed by atoms with Crippen LogP contribution in [0.1, 0.15) is 51.4 Å². The standard InChI is InChI=1S/C17H34N4OS.HI/c1-18-17(20-10-6-7-13-23-2)21-12-11-19-16(22)14-15-8-4-3-5-9-15;/h15H,3-14H2,1-2H3,(H,19,22)(H2,18,20,21);1H. The third kappa shape index (κ3) is 12.2. The summed E-state index contributed by atoms with van der Waals surface area (Å²) in [7, 11) is 1.78. The molecule has 1 fully saturated rings. The average Bonchev–Trinajstić information content (AvgIpc) is 2.57. The summed E-state index contributed by atoms with van der Waals surface area (Å²) < 4.78 is 0. The highest BCUT2D eigenvalue weighted by Gasteiger charge is 2.16. The van der Waals surface area contributed by atoms with Gasteiger partial charge in [-0.3, -0.25) is 9.79 Å². The van der Waals surface area contributed by atoms with E-state index in [-0.39, 0.29) is 29.9 Å². The molecule has 24 heavy (non-hydrogen) atoms. The number of unbranched alkanes of at least 4 members (excludes halogenated alkanes) is 1. The minimum atomic E-state index is 0. The topological polar surface area (TPSA) is 65.5 Å². The molecule has 0 heterocycles. The Morgan fingerprint density at radius 3 is 2.38 bits per heavy atom. The number of halogens is 1. The fourth-order valence-electron chi connectivity index (χ4n) is 2.91. The Morgan fingerprint density at radius 1 is 1.04 bits per heavy atom. The van der Waals surface area contributed by atoms with E-state index in [1.165, 1.54) is 44.3 Å². The number of thioether (sulfide) groups is 1. The van der Waals surface area contributed by atoms with Crippen molar-refractivity contribution in [2.75, 3.05) is 38.7 Å². The van der Waals surface area contributed by atoms with Crippen LogP contribution in [0.25, 0.3) is 0 Å². The van der Waals surface area contributed by atoms with Crippen molar-refractivity contribution in [2.24, 2.45) is 10.9 Å². The van der Waals surface area contributed by atoms with E-state index in [0.29, 0.717) is 25.4 Å². The molecule has 0 radical (unpaired) electrons. The van der Waals surface area contributed by atoms with E-state index < -0.39 is 0 Å². The minimum absolute atomic E-state index is 0. The molecule has 7 heteroatoms. The predicted molar refractivity (Wildman–Crippen MR) is 117 cm³/mol. The van der Waals surface area contributed by atoms with E-state index in [1.807, 2.05) is 11.8 Å². The first-order valence-electron chi connectivity index (χ1n) is 8.96. The Hall–Kier alpha value is -0.180. The van der Waals surface area contributed by atoms with Gasteiger partial charge in [0.25, 0.3) is 0 Å². The normalized spacial score (nSPS) is 15.5. The Balaban J connectivity index is 0.00000529. The average molecular weight is 470 g/mol. The van der Waals surface area contributed by atoms with Gasteiger partial charge in [0.1, 0.15) is 0 Å². The summed E-state index contributed by atoms with van der Waals surface area (Å²) in [4.78, 5) is 16.1. The summed E-state index contributed by atoms with van der Waals surface area (Å²) in [5.74, 6) is 2.82. The number of hydrogen-bond donors (Lipinski definition) is 3. The first kappa shape index (κ1) is 23.8. The van der Waals surface area contributed by atoms with E-state index >= 15 is 0 Å². The number of nitrogens with zero attached hydrogens (tertiary/aromatic N) is 1. The van der Waals surface area contributed by atoms with Crippen LogP contribution in [0.3, 0.4) is 0 Å². The molecule has 5 nitrogen and oxygen atoms in total. The first-order chi connectivity index (χ1) is 11.3. The zero-order chi connectivity index (χ0) is 16.8. The summed E-state index contributed by atoms with van der Waals surface area (Å²) in [5.41, 5.74) is 0. The van der Waals surface area contributed by atoms with E-state index in [2.05, 4.69) is 27.2 Å². The lowest BCUT2D eigenvalue weighted by atomic mass is 9.87. The molecule has 1 rings (SSSR count). The molecule has 0 saturated heterocycles. The third-order valence-electron chi connectivity index (χ3n) is 4.23. The maximum absolute atomic E-state index is 11.9. The van der Waals surface area contributed by atoms with Gasteiger partial charge in [0, 0.05) is 33.1 Å². The Bertz CT molecular complexity index is 349.